The SMILES string of the molecule is CN=C(NCCN(C(C)C)C1CC1)NCc1ccc(C(=O)N(C)C)cc1. The number of carbonyl (C=O) groups excluding carboxylic acids is 1. The Balaban J connectivity index is 1.77. The molecule has 0 aromatic heterocycles. The molecule has 0 radical (unpaired) electrons. The van der Waals surface area contributed by atoms with E-state index in [9.17, 15) is 4.79 Å². The van der Waals surface area contributed by atoms with Crippen molar-refractivity contribution < 1.29 is 4.79 Å². The Morgan fingerprint density at radius 2 is 1.85 bits per heavy atom. The van der Waals surface area contributed by atoms with Crippen molar-refractivity contribution in [3.63, 3.8) is 0 Å². The largest absolute Gasteiger partial charge is 0.355 e. The van der Waals surface area contributed by atoms with Crippen LogP contribution in [0.15, 0.2) is 29.3 Å². The number of amides is 1. The van der Waals surface area contributed by atoms with Gasteiger partial charge in [-0.1, -0.05) is 12.1 Å². The highest BCUT2D eigenvalue weighted by molar-refractivity contribution is 5.93. The van der Waals surface area contributed by atoms with Crippen LogP contribution in [0.25, 0.3) is 0 Å². The first-order chi connectivity index (χ1) is 12.4. The van der Waals surface area contributed by atoms with E-state index in [2.05, 4.69) is 34.4 Å². The van der Waals surface area contributed by atoms with Crippen molar-refractivity contribution in [2.75, 3.05) is 34.2 Å². The summed E-state index contributed by atoms with van der Waals surface area (Å²) in [7, 11) is 5.31. The lowest BCUT2D eigenvalue weighted by Gasteiger charge is -2.26. The van der Waals surface area contributed by atoms with Gasteiger partial charge in [-0.15, -0.1) is 0 Å². The Kier molecular flexibility index (Phi) is 7.45. The van der Waals surface area contributed by atoms with Crippen LogP contribution in [0.1, 0.15) is 42.6 Å². The third-order valence-electron chi connectivity index (χ3n) is 4.63. The molecule has 0 heterocycles. The van der Waals surface area contributed by atoms with Crippen LogP contribution in [0.2, 0.25) is 0 Å². The van der Waals surface area contributed by atoms with Gasteiger partial charge in [0.05, 0.1) is 0 Å². The Morgan fingerprint density at radius 1 is 1.19 bits per heavy atom. The second-order valence-corrected chi connectivity index (χ2v) is 7.31. The summed E-state index contributed by atoms with van der Waals surface area (Å²) in [6.45, 7) is 7.10. The Hall–Kier alpha value is -2.08. The van der Waals surface area contributed by atoms with E-state index in [0.717, 1.165) is 30.7 Å². The summed E-state index contributed by atoms with van der Waals surface area (Å²) in [5.74, 6) is 0.824. The van der Waals surface area contributed by atoms with Gasteiger partial charge in [-0.3, -0.25) is 14.7 Å². The molecule has 1 saturated carbocycles. The smallest absolute Gasteiger partial charge is 0.253 e. The number of rotatable bonds is 8. The van der Waals surface area contributed by atoms with E-state index in [1.165, 1.54) is 12.8 Å². The number of benzene rings is 1. The minimum absolute atomic E-state index is 0.0207. The lowest BCUT2D eigenvalue weighted by molar-refractivity contribution is 0.0827. The van der Waals surface area contributed by atoms with Crippen LogP contribution >= 0.6 is 0 Å². The van der Waals surface area contributed by atoms with Crippen LogP contribution in [-0.4, -0.2) is 68.0 Å². The molecule has 144 valence electrons. The minimum Gasteiger partial charge on any atom is -0.355 e. The maximum absolute atomic E-state index is 11.9. The van der Waals surface area contributed by atoms with Crippen molar-refractivity contribution in [3.05, 3.63) is 35.4 Å². The van der Waals surface area contributed by atoms with Crippen molar-refractivity contribution in [1.82, 2.24) is 20.4 Å². The zero-order valence-corrected chi connectivity index (χ0v) is 16.7. The van der Waals surface area contributed by atoms with Gasteiger partial charge in [0, 0.05) is 58.4 Å². The molecule has 0 unspecified atom stereocenters. The summed E-state index contributed by atoms with van der Waals surface area (Å²) in [4.78, 5) is 20.3. The highest BCUT2D eigenvalue weighted by Gasteiger charge is 2.30. The molecule has 26 heavy (non-hydrogen) atoms. The van der Waals surface area contributed by atoms with E-state index in [0.29, 0.717) is 18.2 Å². The molecular formula is C20H33N5O. The van der Waals surface area contributed by atoms with Gasteiger partial charge in [0.1, 0.15) is 0 Å². The zero-order chi connectivity index (χ0) is 19.1. The fourth-order valence-electron chi connectivity index (χ4n) is 3.00. The van der Waals surface area contributed by atoms with E-state index >= 15 is 0 Å². The van der Waals surface area contributed by atoms with Crippen LogP contribution in [-0.2, 0) is 6.54 Å². The minimum atomic E-state index is 0.0207. The number of aliphatic imine (C=N–C) groups is 1. The summed E-state index contributed by atoms with van der Waals surface area (Å²) in [5, 5.41) is 6.72. The van der Waals surface area contributed by atoms with Crippen LogP contribution in [0.5, 0.6) is 0 Å². The topological polar surface area (TPSA) is 60.0 Å². The number of nitrogens with zero attached hydrogens (tertiary/aromatic N) is 3. The molecule has 1 fully saturated rings. The molecule has 1 aromatic carbocycles. The normalized spacial score (nSPS) is 14.7. The van der Waals surface area contributed by atoms with Crippen LogP contribution in [0, 0.1) is 0 Å². The summed E-state index contributed by atoms with van der Waals surface area (Å²) in [5.41, 5.74) is 1.82. The number of carbonyl (C=O) groups is 1. The monoisotopic (exact) mass is 359 g/mol. The molecule has 0 atom stereocenters. The Labute approximate surface area is 157 Å². The van der Waals surface area contributed by atoms with Gasteiger partial charge in [0.25, 0.3) is 5.91 Å². The second kappa shape index (κ2) is 9.57. The quantitative estimate of drug-likeness (QED) is 0.550. The Morgan fingerprint density at radius 3 is 2.35 bits per heavy atom. The molecule has 0 saturated heterocycles. The predicted octanol–water partition coefficient (Wildman–Crippen LogP) is 1.93. The molecular weight excluding hydrogens is 326 g/mol. The first kappa shape index (κ1) is 20.2. The summed E-state index contributed by atoms with van der Waals surface area (Å²) < 4.78 is 0. The van der Waals surface area contributed by atoms with Gasteiger partial charge in [0.15, 0.2) is 5.96 Å². The number of nitrogens with one attached hydrogen (secondary N) is 2. The van der Waals surface area contributed by atoms with E-state index in [1.54, 1.807) is 26.0 Å². The Bertz CT molecular complexity index is 603. The molecule has 2 N–H and O–H groups in total. The number of hydrogen-bond acceptors (Lipinski definition) is 3. The molecule has 2 rings (SSSR count). The molecule has 0 spiro atoms. The molecule has 1 aliphatic rings. The van der Waals surface area contributed by atoms with E-state index in [-0.39, 0.29) is 5.91 Å². The van der Waals surface area contributed by atoms with Crippen molar-refractivity contribution in [3.8, 4) is 0 Å². The third-order valence-corrected chi connectivity index (χ3v) is 4.63. The van der Waals surface area contributed by atoms with Crippen molar-refractivity contribution >= 4 is 11.9 Å². The first-order valence-corrected chi connectivity index (χ1v) is 9.43. The van der Waals surface area contributed by atoms with Gasteiger partial charge in [0.2, 0.25) is 0 Å². The zero-order valence-electron chi connectivity index (χ0n) is 16.7. The van der Waals surface area contributed by atoms with Crippen LogP contribution < -0.4 is 10.6 Å². The van der Waals surface area contributed by atoms with E-state index in [4.69, 9.17) is 0 Å². The highest BCUT2D eigenvalue weighted by Crippen LogP contribution is 2.27. The maximum Gasteiger partial charge on any atom is 0.253 e. The van der Waals surface area contributed by atoms with Crippen LogP contribution in [0.3, 0.4) is 0 Å². The number of hydrogen-bond donors (Lipinski definition) is 2. The molecule has 0 bridgehead atoms. The maximum atomic E-state index is 11.9. The molecule has 6 heteroatoms. The average Bonchev–Trinajstić information content (AvgIpc) is 3.45. The molecule has 1 aliphatic carbocycles. The summed E-state index contributed by atoms with van der Waals surface area (Å²) >= 11 is 0. The van der Waals surface area contributed by atoms with Gasteiger partial charge >= 0.3 is 0 Å². The lowest BCUT2D eigenvalue weighted by Crippen LogP contribution is -2.43. The second-order valence-electron chi connectivity index (χ2n) is 7.31. The molecule has 6 nitrogen and oxygen atoms in total. The van der Waals surface area contributed by atoms with Gasteiger partial charge < -0.3 is 15.5 Å². The summed E-state index contributed by atoms with van der Waals surface area (Å²) in [6.07, 6.45) is 2.66. The van der Waals surface area contributed by atoms with Crippen LogP contribution in [0.4, 0.5) is 0 Å². The van der Waals surface area contributed by atoms with Gasteiger partial charge in [-0.05, 0) is 44.4 Å². The van der Waals surface area contributed by atoms with Crippen molar-refractivity contribution in [2.45, 2.75) is 45.3 Å². The van der Waals surface area contributed by atoms with Gasteiger partial charge in [-0.2, -0.15) is 0 Å². The van der Waals surface area contributed by atoms with E-state index in [1.807, 2.05) is 24.3 Å². The van der Waals surface area contributed by atoms with E-state index < -0.39 is 0 Å². The lowest BCUT2D eigenvalue weighted by atomic mass is 10.1. The van der Waals surface area contributed by atoms with Crippen molar-refractivity contribution in [2.24, 2.45) is 4.99 Å². The van der Waals surface area contributed by atoms with Crippen molar-refractivity contribution in [1.29, 1.82) is 0 Å². The molecule has 1 aromatic rings. The first-order valence-electron chi connectivity index (χ1n) is 9.43. The van der Waals surface area contributed by atoms with Gasteiger partial charge in [-0.25, -0.2) is 0 Å². The fraction of sp³-hybridized carbons (Fsp3) is 0.600. The summed E-state index contributed by atoms with van der Waals surface area (Å²) in [6, 6.07) is 9.05. The average molecular weight is 360 g/mol. The third kappa shape index (κ3) is 6.02. The molecule has 1 amide bonds. The fourth-order valence-corrected chi connectivity index (χ4v) is 3.00. The predicted molar refractivity (Wildman–Crippen MR) is 108 cm³/mol. The molecule has 0 aliphatic heterocycles. The number of guanidine groups is 1. The standard InChI is InChI=1S/C20H33N5O/c1-15(2)25(18-10-11-18)13-12-22-20(21-3)23-14-16-6-8-17(9-7-16)19(26)24(4)5/h6-9,15,18H,10-14H2,1-5H3,(H2,21,22,23). The highest BCUT2D eigenvalue weighted by atomic mass is 16.2.